The Morgan fingerprint density at radius 3 is 2.88 bits per heavy atom. The van der Waals surface area contributed by atoms with E-state index in [-0.39, 0.29) is 11.8 Å². The van der Waals surface area contributed by atoms with Crippen LogP contribution in [0.25, 0.3) is 0 Å². The SMILES string of the molecule is [B]CCC[C@H]1CN(C2CCNC2)C[C@H]1C(=O)O. The zero-order valence-electron chi connectivity index (χ0n) is 10.3. The zero-order chi connectivity index (χ0) is 12.3. The minimum absolute atomic E-state index is 0.192. The first-order valence-corrected chi connectivity index (χ1v) is 6.60. The number of aliphatic carboxylic acids is 1. The van der Waals surface area contributed by atoms with Crippen LogP contribution in [0.15, 0.2) is 0 Å². The van der Waals surface area contributed by atoms with Crippen LogP contribution in [0.5, 0.6) is 0 Å². The first-order valence-electron chi connectivity index (χ1n) is 6.60. The van der Waals surface area contributed by atoms with Gasteiger partial charge in [0.05, 0.1) is 13.8 Å². The molecule has 0 aromatic carbocycles. The highest BCUT2D eigenvalue weighted by Gasteiger charge is 2.40. The molecule has 2 heterocycles. The summed E-state index contributed by atoms with van der Waals surface area (Å²) in [7, 11) is 5.51. The third-order valence-electron chi connectivity index (χ3n) is 4.12. The van der Waals surface area contributed by atoms with Crippen molar-refractivity contribution >= 4 is 13.8 Å². The van der Waals surface area contributed by atoms with E-state index in [0.717, 1.165) is 45.4 Å². The van der Waals surface area contributed by atoms with Gasteiger partial charge in [-0.25, -0.2) is 0 Å². The molecular formula is C12H21BN2O2. The molecule has 2 N–H and O–H groups in total. The summed E-state index contributed by atoms with van der Waals surface area (Å²) in [5.41, 5.74) is 0. The van der Waals surface area contributed by atoms with E-state index in [4.69, 9.17) is 7.85 Å². The van der Waals surface area contributed by atoms with E-state index < -0.39 is 5.97 Å². The molecule has 0 aromatic heterocycles. The Kier molecular flexibility index (Phi) is 4.45. The van der Waals surface area contributed by atoms with Crippen LogP contribution in [0.1, 0.15) is 19.3 Å². The minimum Gasteiger partial charge on any atom is -0.481 e. The van der Waals surface area contributed by atoms with Crippen LogP contribution in [-0.2, 0) is 4.79 Å². The largest absolute Gasteiger partial charge is 0.481 e. The van der Waals surface area contributed by atoms with Gasteiger partial charge >= 0.3 is 5.97 Å². The molecule has 2 radical (unpaired) electrons. The molecule has 2 aliphatic rings. The van der Waals surface area contributed by atoms with Crippen molar-refractivity contribution in [1.82, 2.24) is 10.2 Å². The second-order valence-electron chi connectivity index (χ2n) is 5.24. The highest BCUT2D eigenvalue weighted by atomic mass is 16.4. The Bertz CT molecular complexity index is 269. The summed E-state index contributed by atoms with van der Waals surface area (Å²) in [6.45, 7) is 3.72. The predicted molar refractivity (Wildman–Crippen MR) is 67.3 cm³/mol. The van der Waals surface area contributed by atoms with Gasteiger partial charge in [-0.1, -0.05) is 12.7 Å². The number of likely N-dealkylation sites (tertiary alicyclic amines) is 1. The second kappa shape index (κ2) is 5.87. The molecule has 0 saturated carbocycles. The van der Waals surface area contributed by atoms with Crippen LogP contribution in [0.2, 0.25) is 6.32 Å². The molecule has 94 valence electrons. The summed E-state index contributed by atoms with van der Waals surface area (Å²) in [6, 6.07) is 0.541. The molecule has 0 aliphatic carbocycles. The normalized spacial score (nSPS) is 34.2. The minimum atomic E-state index is -0.638. The third kappa shape index (κ3) is 3.02. The van der Waals surface area contributed by atoms with Crippen LogP contribution in [0, 0.1) is 11.8 Å². The molecular weight excluding hydrogens is 215 g/mol. The molecule has 5 heteroatoms. The number of hydrogen-bond donors (Lipinski definition) is 2. The van der Waals surface area contributed by atoms with Crippen molar-refractivity contribution in [2.24, 2.45) is 11.8 Å². The van der Waals surface area contributed by atoms with Crippen LogP contribution >= 0.6 is 0 Å². The molecule has 2 fully saturated rings. The Morgan fingerprint density at radius 1 is 1.47 bits per heavy atom. The highest BCUT2D eigenvalue weighted by Crippen LogP contribution is 2.30. The van der Waals surface area contributed by atoms with Crippen LogP contribution < -0.4 is 5.32 Å². The molecule has 0 aromatic rings. The van der Waals surface area contributed by atoms with E-state index in [2.05, 4.69) is 10.2 Å². The van der Waals surface area contributed by atoms with Crippen molar-refractivity contribution in [2.75, 3.05) is 26.2 Å². The van der Waals surface area contributed by atoms with E-state index >= 15 is 0 Å². The molecule has 2 saturated heterocycles. The summed E-state index contributed by atoms with van der Waals surface area (Å²) in [5.74, 6) is -0.542. The topological polar surface area (TPSA) is 52.6 Å². The standard InChI is InChI=1S/C12H21BN2O2/c13-4-1-2-9-7-15(8-11(9)12(16)17)10-3-5-14-6-10/h9-11,14H,1-8H2,(H,16,17)/t9-,10?,11+/m0/s1. The summed E-state index contributed by atoms with van der Waals surface area (Å²) in [5, 5.41) is 12.6. The first-order chi connectivity index (χ1) is 8.22. The Morgan fingerprint density at radius 2 is 2.29 bits per heavy atom. The number of carbonyl (C=O) groups is 1. The van der Waals surface area contributed by atoms with Gasteiger partial charge in [0.15, 0.2) is 0 Å². The molecule has 0 spiro atoms. The second-order valence-corrected chi connectivity index (χ2v) is 5.24. The maximum Gasteiger partial charge on any atom is 0.308 e. The number of carboxylic acids is 1. The van der Waals surface area contributed by atoms with E-state index in [9.17, 15) is 9.90 Å². The molecule has 2 rings (SSSR count). The van der Waals surface area contributed by atoms with E-state index in [1.807, 2.05) is 0 Å². The highest BCUT2D eigenvalue weighted by molar-refractivity contribution is 6.08. The monoisotopic (exact) mass is 236 g/mol. The lowest BCUT2D eigenvalue weighted by molar-refractivity contribution is -0.142. The Hall–Kier alpha value is -0.545. The van der Waals surface area contributed by atoms with Gasteiger partial charge in [-0.2, -0.15) is 0 Å². The average molecular weight is 236 g/mol. The summed E-state index contributed by atoms with van der Waals surface area (Å²) in [4.78, 5) is 13.6. The number of carboxylic acid groups (broad SMARTS) is 1. The Labute approximate surface area is 104 Å². The van der Waals surface area contributed by atoms with Crippen molar-refractivity contribution in [3.8, 4) is 0 Å². The lowest BCUT2D eigenvalue weighted by Gasteiger charge is -2.22. The van der Waals surface area contributed by atoms with Gasteiger partial charge < -0.3 is 10.4 Å². The van der Waals surface area contributed by atoms with Crippen LogP contribution in [0.4, 0.5) is 0 Å². The van der Waals surface area contributed by atoms with Crippen molar-refractivity contribution in [3.63, 3.8) is 0 Å². The quantitative estimate of drug-likeness (QED) is 0.676. The lowest BCUT2D eigenvalue weighted by Crippen LogP contribution is -2.35. The number of nitrogens with zero attached hydrogens (tertiary/aromatic N) is 1. The summed E-state index contributed by atoms with van der Waals surface area (Å²) < 4.78 is 0. The van der Waals surface area contributed by atoms with Crippen LogP contribution in [0.3, 0.4) is 0 Å². The number of rotatable bonds is 5. The maximum atomic E-state index is 11.3. The number of nitrogens with one attached hydrogen (secondary N) is 1. The van der Waals surface area contributed by atoms with E-state index in [0.29, 0.717) is 12.4 Å². The fourth-order valence-electron chi connectivity index (χ4n) is 3.11. The molecule has 1 unspecified atom stereocenters. The van der Waals surface area contributed by atoms with Crippen molar-refractivity contribution in [3.05, 3.63) is 0 Å². The average Bonchev–Trinajstić information content (AvgIpc) is 2.94. The van der Waals surface area contributed by atoms with Gasteiger partial charge in [-0.15, -0.1) is 0 Å². The van der Waals surface area contributed by atoms with Gasteiger partial charge in [-0.05, 0) is 25.3 Å². The zero-order valence-corrected chi connectivity index (χ0v) is 10.3. The van der Waals surface area contributed by atoms with E-state index in [1.54, 1.807) is 0 Å². The molecule has 17 heavy (non-hydrogen) atoms. The Balaban J connectivity index is 1.93. The van der Waals surface area contributed by atoms with Crippen LogP contribution in [-0.4, -0.2) is 56.0 Å². The van der Waals surface area contributed by atoms with Gasteiger partial charge in [-0.3, -0.25) is 9.69 Å². The lowest BCUT2D eigenvalue weighted by atomic mass is 9.88. The fraction of sp³-hybridized carbons (Fsp3) is 0.917. The van der Waals surface area contributed by atoms with Gasteiger partial charge in [0.2, 0.25) is 0 Å². The number of hydrogen-bond acceptors (Lipinski definition) is 3. The van der Waals surface area contributed by atoms with E-state index in [1.165, 1.54) is 0 Å². The molecule has 3 atom stereocenters. The predicted octanol–water partition coefficient (Wildman–Crippen LogP) is 0.348. The summed E-state index contributed by atoms with van der Waals surface area (Å²) in [6.07, 6.45) is 3.69. The molecule has 0 amide bonds. The fourth-order valence-corrected chi connectivity index (χ4v) is 3.11. The summed E-state index contributed by atoms with van der Waals surface area (Å²) >= 11 is 0. The molecule has 4 nitrogen and oxygen atoms in total. The maximum absolute atomic E-state index is 11.3. The molecule has 2 aliphatic heterocycles. The smallest absolute Gasteiger partial charge is 0.308 e. The van der Waals surface area contributed by atoms with Crippen molar-refractivity contribution in [1.29, 1.82) is 0 Å². The third-order valence-corrected chi connectivity index (χ3v) is 4.12. The van der Waals surface area contributed by atoms with Gasteiger partial charge in [0, 0.05) is 25.7 Å². The molecule has 0 bridgehead atoms. The first kappa shape index (κ1) is 12.9. The van der Waals surface area contributed by atoms with Crippen molar-refractivity contribution < 1.29 is 9.90 Å². The van der Waals surface area contributed by atoms with Gasteiger partial charge in [0.25, 0.3) is 0 Å². The van der Waals surface area contributed by atoms with Crippen molar-refractivity contribution in [2.45, 2.75) is 31.6 Å². The van der Waals surface area contributed by atoms with Gasteiger partial charge in [0.1, 0.15) is 0 Å².